The SMILES string of the molecule is CCCCn1c(SC(C)C(=O)NC2CCCCC2C)nc2cc(S(=O)(=O)N(C)C)ccc21. The summed E-state index contributed by atoms with van der Waals surface area (Å²) in [4.78, 5) is 17.9. The van der Waals surface area contributed by atoms with Crippen LogP contribution in [-0.2, 0) is 21.4 Å². The van der Waals surface area contributed by atoms with E-state index in [1.54, 1.807) is 12.1 Å². The van der Waals surface area contributed by atoms with E-state index in [0.717, 1.165) is 42.9 Å². The highest BCUT2D eigenvalue weighted by Gasteiger charge is 2.27. The van der Waals surface area contributed by atoms with Gasteiger partial charge >= 0.3 is 0 Å². The van der Waals surface area contributed by atoms with Gasteiger partial charge in [-0.05, 0) is 50.3 Å². The number of carbonyl (C=O) groups is 1. The Hall–Kier alpha value is -1.58. The van der Waals surface area contributed by atoms with E-state index in [-0.39, 0.29) is 22.1 Å². The number of amides is 1. The number of hydrogen-bond donors (Lipinski definition) is 1. The highest BCUT2D eigenvalue weighted by atomic mass is 32.2. The first-order chi connectivity index (χ1) is 15.1. The number of fused-ring (bicyclic) bond motifs is 1. The first-order valence-corrected chi connectivity index (χ1v) is 13.9. The Bertz CT molecular complexity index is 1050. The molecule has 32 heavy (non-hydrogen) atoms. The molecule has 7 nitrogen and oxygen atoms in total. The Labute approximate surface area is 196 Å². The van der Waals surface area contributed by atoms with Crippen LogP contribution in [0.3, 0.4) is 0 Å². The van der Waals surface area contributed by atoms with Crippen LogP contribution in [0, 0.1) is 5.92 Å². The van der Waals surface area contributed by atoms with Crippen LogP contribution < -0.4 is 5.32 Å². The number of thioether (sulfide) groups is 1. The number of imidazole rings is 1. The molecule has 1 aromatic heterocycles. The number of sulfonamides is 1. The third-order valence-electron chi connectivity index (χ3n) is 6.29. The minimum atomic E-state index is -3.53. The van der Waals surface area contributed by atoms with Gasteiger partial charge in [0.15, 0.2) is 5.16 Å². The molecule has 1 heterocycles. The van der Waals surface area contributed by atoms with Crippen LogP contribution in [-0.4, -0.2) is 53.6 Å². The lowest BCUT2D eigenvalue weighted by atomic mass is 9.86. The summed E-state index contributed by atoms with van der Waals surface area (Å²) < 4.78 is 28.4. The second-order valence-electron chi connectivity index (χ2n) is 8.97. The molecule has 1 aromatic carbocycles. The molecule has 1 fully saturated rings. The standard InChI is InChI=1S/C23H36N4O3S2/c1-6-7-14-27-21-13-12-18(32(29,30)26(4)5)15-20(21)25-23(27)31-17(3)22(28)24-19-11-9-8-10-16(19)2/h12-13,15-17,19H,6-11,14H2,1-5H3,(H,24,28). The van der Waals surface area contributed by atoms with Crippen molar-refractivity contribution in [3.63, 3.8) is 0 Å². The number of aromatic nitrogens is 2. The van der Waals surface area contributed by atoms with Gasteiger partial charge in [0.05, 0.1) is 21.2 Å². The third kappa shape index (κ3) is 5.48. The van der Waals surface area contributed by atoms with Crippen molar-refractivity contribution < 1.29 is 13.2 Å². The molecule has 3 rings (SSSR count). The molecule has 1 saturated carbocycles. The topological polar surface area (TPSA) is 84.3 Å². The first-order valence-electron chi connectivity index (χ1n) is 11.5. The molecule has 3 unspecified atom stereocenters. The fourth-order valence-corrected chi connectivity index (χ4v) is 6.00. The minimum absolute atomic E-state index is 0.0405. The van der Waals surface area contributed by atoms with Crippen LogP contribution in [0.5, 0.6) is 0 Å². The Balaban J connectivity index is 1.86. The van der Waals surface area contributed by atoms with Gasteiger partial charge in [-0.15, -0.1) is 0 Å². The van der Waals surface area contributed by atoms with Crippen LogP contribution in [0.1, 0.15) is 59.3 Å². The summed E-state index contributed by atoms with van der Waals surface area (Å²) in [6.45, 7) is 7.04. The van der Waals surface area contributed by atoms with E-state index in [0.29, 0.717) is 11.4 Å². The zero-order valence-corrected chi connectivity index (χ0v) is 21.4. The molecule has 9 heteroatoms. The third-order valence-corrected chi connectivity index (χ3v) is 9.19. The van der Waals surface area contributed by atoms with E-state index in [9.17, 15) is 13.2 Å². The van der Waals surface area contributed by atoms with Gasteiger partial charge in [-0.1, -0.05) is 44.9 Å². The highest BCUT2D eigenvalue weighted by molar-refractivity contribution is 8.00. The Morgan fingerprint density at radius 2 is 2.03 bits per heavy atom. The fraction of sp³-hybridized carbons (Fsp3) is 0.652. The van der Waals surface area contributed by atoms with E-state index in [4.69, 9.17) is 4.98 Å². The maximum Gasteiger partial charge on any atom is 0.242 e. The highest BCUT2D eigenvalue weighted by Crippen LogP contribution is 2.30. The van der Waals surface area contributed by atoms with E-state index in [1.807, 2.05) is 13.0 Å². The number of nitrogens with one attached hydrogen (secondary N) is 1. The summed E-state index contributed by atoms with van der Waals surface area (Å²) in [5.74, 6) is 0.551. The fourth-order valence-electron chi connectivity index (χ4n) is 4.12. The Kier molecular flexibility index (Phi) is 8.27. The number of aryl methyl sites for hydroxylation is 1. The summed E-state index contributed by atoms with van der Waals surface area (Å²) in [7, 11) is -0.490. The zero-order valence-electron chi connectivity index (χ0n) is 19.8. The van der Waals surface area contributed by atoms with Crippen molar-refractivity contribution in [1.29, 1.82) is 0 Å². The van der Waals surface area contributed by atoms with Crippen LogP contribution in [0.2, 0.25) is 0 Å². The quantitative estimate of drug-likeness (QED) is 0.542. The molecule has 0 radical (unpaired) electrons. The summed E-state index contributed by atoms with van der Waals surface area (Å²) in [5, 5.41) is 3.72. The van der Waals surface area contributed by atoms with Gasteiger partial charge in [0.2, 0.25) is 15.9 Å². The van der Waals surface area contributed by atoms with Crippen molar-refractivity contribution in [3.8, 4) is 0 Å². The summed E-state index contributed by atoms with van der Waals surface area (Å²) >= 11 is 1.44. The zero-order chi connectivity index (χ0) is 23.5. The van der Waals surface area contributed by atoms with Gasteiger partial charge in [0.25, 0.3) is 0 Å². The van der Waals surface area contributed by atoms with E-state index in [2.05, 4.69) is 23.7 Å². The van der Waals surface area contributed by atoms with Crippen molar-refractivity contribution in [1.82, 2.24) is 19.2 Å². The molecule has 1 aliphatic rings. The van der Waals surface area contributed by atoms with Crippen molar-refractivity contribution in [2.24, 2.45) is 5.92 Å². The van der Waals surface area contributed by atoms with Gasteiger partial charge in [-0.25, -0.2) is 17.7 Å². The van der Waals surface area contributed by atoms with Crippen molar-refractivity contribution >= 4 is 38.7 Å². The number of benzene rings is 1. The van der Waals surface area contributed by atoms with Gasteiger partial charge in [0, 0.05) is 26.7 Å². The average Bonchev–Trinajstić information content (AvgIpc) is 3.09. The van der Waals surface area contributed by atoms with E-state index in [1.165, 1.54) is 43.0 Å². The van der Waals surface area contributed by atoms with Gasteiger partial charge in [0.1, 0.15) is 0 Å². The number of rotatable bonds is 9. The lowest BCUT2D eigenvalue weighted by Crippen LogP contribution is -2.44. The van der Waals surface area contributed by atoms with Crippen molar-refractivity contribution in [2.45, 2.75) is 87.2 Å². The molecule has 0 saturated heterocycles. The van der Waals surface area contributed by atoms with Gasteiger partial charge < -0.3 is 9.88 Å². The number of hydrogen-bond acceptors (Lipinski definition) is 5. The molecular formula is C23H36N4O3S2. The van der Waals surface area contributed by atoms with Crippen LogP contribution in [0.25, 0.3) is 11.0 Å². The van der Waals surface area contributed by atoms with E-state index >= 15 is 0 Å². The molecule has 0 bridgehead atoms. The number of carbonyl (C=O) groups excluding carboxylic acids is 1. The smallest absolute Gasteiger partial charge is 0.242 e. The monoisotopic (exact) mass is 480 g/mol. The van der Waals surface area contributed by atoms with Crippen molar-refractivity contribution in [3.05, 3.63) is 18.2 Å². The predicted molar refractivity (Wildman–Crippen MR) is 130 cm³/mol. The van der Waals surface area contributed by atoms with Gasteiger partial charge in [-0.2, -0.15) is 0 Å². The van der Waals surface area contributed by atoms with Crippen LogP contribution >= 0.6 is 11.8 Å². The van der Waals surface area contributed by atoms with Gasteiger partial charge in [-0.3, -0.25) is 4.79 Å². The Morgan fingerprint density at radius 1 is 1.31 bits per heavy atom. The van der Waals surface area contributed by atoms with E-state index < -0.39 is 10.0 Å². The lowest BCUT2D eigenvalue weighted by molar-refractivity contribution is -0.121. The molecule has 1 aliphatic carbocycles. The molecule has 3 atom stereocenters. The second-order valence-corrected chi connectivity index (χ2v) is 12.4. The molecule has 2 aromatic rings. The Morgan fingerprint density at radius 3 is 2.69 bits per heavy atom. The molecular weight excluding hydrogens is 444 g/mol. The maximum absolute atomic E-state index is 12.9. The lowest BCUT2D eigenvalue weighted by Gasteiger charge is -2.30. The molecule has 1 N–H and O–H groups in total. The first kappa shape index (κ1) is 25.1. The molecule has 0 aliphatic heterocycles. The summed E-state index contributed by atoms with van der Waals surface area (Å²) in [6.07, 6.45) is 6.63. The van der Waals surface area contributed by atoms with Crippen LogP contribution in [0.4, 0.5) is 0 Å². The van der Waals surface area contributed by atoms with Crippen molar-refractivity contribution in [2.75, 3.05) is 14.1 Å². The summed E-state index contributed by atoms with van der Waals surface area (Å²) in [6, 6.07) is 5.34. The maximum atomic E-state index is 12.9. The number of unbranched alkanes of at least 4 members (excludes halogenated alkanes) is 1. The largest absolute Gasteiger partial charge is 0.352 e. The van der Waals surface area contributed by atoms with Crippen LogP contribution in [0.15, 0.2) is 28.3 Å². The second kappa shape index (κ2) is 10.6. The molecule has 178 valence electrons. The number of nitrogens with zero attached hydrogens (tertiary/aromatic N) is 3. The molecule has 0 spiro atoms. The average molecular weight is 481 g/mol. The predicted octanol–water partition coefficient (Wildman–Crippen LogP) is 4.26. The molecule has 1 amide bonds. The normalized spacial score (nSPS) is 20.6. The minimum Gasteiger partial charge on any atom is -0.352 e. The summed E-state index contributed by atoms with van der Waals surface area (Å²) in [5.41, 5.74) is 1.53.